The van der Waals surface area contributed by atoms with Gasteiger partial charge in [-0.2, -0.15) is 0 Å². The van der Waals surface area contributed by atoms with Gasteiger partial charge < -0.3 is 19.7 Å². The predicted molar refractivity (Wildman–Crippen MR) is 73.1 cm³/mol. The second-order valence-corrected chi connectivity index (χ2v) is 6.15. The molecule has 108 valence electrons. The molecular weight excluding hydrogens is 244 g/mol. The van der Waals surface area contributed by atoms with E-state index in [1.165, 1.54) is 5.57 Å². The van der Waals surface area contributed by atoms with Crippen LogP contribution in [0.1, 0.15) is 27.2 Å². The Morgan fingerprint density at radius 3 is 2.74 bits per heavy atom. The normalized spacial score (nSPS) is 20.8. The van der Waals surface area contributed by atoms with Gasteiger partial charge >= 0.3 is 6.09 Å². The highest BCUT2D eigenvalue weighted by molar-refractivity contribution is 5.68. The number of nitrogens with zero attached hydrogens (tertiary/aromatic N) is 1. The molecule has 1 amide bonds. The van der Waals surface area contributed by atoms with Crippen LogP contribution in [0.3, 0.4) is 0 Å². The van der Waals surface area contributed by atoms with E-state index in [1.807, 2.05) is 20.8 Å². The molecule has 2 heterocycles. The highest BCUT2D eigenvalue weighted by Gasteiger charge is 2.24. The predicted octanol–water partition coefficient (Wildman–Crippen LogP) is 1.54. The standard InChI is InChI=1S/C14H24N2O3/c1-14(2,3)19-13(17)16-6-4-11(5-7-16)8-15-12-9-18-10-12/h4,12,15H,5-10H2,1-3H3. The van der Waals surface area contributed by atoms with Crippen molar-refractivity contribution >= 4 is 6.09 Å². The molecule has 0 spiro atoms. The van der Waals surface area contributed by atoms with E-state index >= 15 is 0 Å². The highest BCUT2D eigenvalue weighted by Crippen LogP contribution is 2.15. The molecule has 0 radical (unpaired) electrons. The molecule has 5 nitrogen and oxygen atoms in total. The third kappa shape index (κ3) is 4.51. The molecule has 1 N–H and O–H groups in total. The van der Waals surface area contributed by atoms with Crippen LogP contribution >= 0.6 is 0 Å². The van der Waals surface area contributed by atoms with Crippen molar-refractivity contribution in [2.75, 3.05) is 32.8 Å². The second kappa shape index (κ2) is 5.92. The molecule has 0 bridgehead atoms. The van der Waals surface area contributed by atoms with Gasteiger partial charge in [0.1, 0.15) is 5.60 Å². The monoisotopic (exact) mass is 268 g/mol. The van der Waals surface area contributed by atoms with Gasteiger partial charge in [-0.05, 0) is 27.2 Å². The van der Waals surface area contributed by atoms with Gasteiger partial charge in [0, 0.05) is 19.6 Å². The summed E-state index contributed by atoms with van der Waals surface area (Å²) in [6.45, 7) is 9.59. The van der Waals surface area contributed by atoms with Crippen molar-refractivity contribution in [3.05, 3.63) is 11.6 Å². The van der Waals surface area contributed by atoms with Crippen LogP contribution in [0.5, 0.6) is 0 Å². The maximum atomic E-state index is 11.9. The van der Waals surface area contributed by atoms with E-state index in [9.17, 15) is 4.79 Å². The van der Waals surface area contributed by atoms with Gasteiger partial charge in [-0.3, -0.25) is 0 Å². The average Bonchev–Trinajstić information content (AvgIpc) is 2.25. The Kier molecular flexibility index (Phi) is 4.47. The van der Waals surface area contributed by atoms with Crippen LogP contribution < -0.4 is 5.32 Å². The van der Waals surface area contributed by atoms with Crippen LogP contribution in [0, 0.1) is 0 Å². The maximum absolute atomic E-state index is 11.9. The quantitative estimate of drug-likeness (QED) is 0.789. The van der Waals surface area contributed by atoms with E-state index in [2.05, 4.69) is 11.4 Å². The molecule has 5 heteroatoms. The van der Waals surface area contributed by atoms with Gasteiger partial charge in [0.2, 0.25) is 0 Å². The summed E-state index contributed by atoms with van der Waals surface area (Å²) in [7, 11) is 0. The van der Waals surface area contributed by atoms with Gasteiger partial charge in [0.15, 0.2) is 0 Å². The molecule has 0 aromatic rings. The number of nitrogens with one attached hydrogen (secondary N) is 1. The van der Waals surface area contributed by atoms with E-state index in [0.717, 1.165) is 32.7 Å². The van der Waals surface area contributed by atoms with Gasteiger partial charge in [-0.15, -0.1) is 0 Å². The summed E-state index contributed by atoms with van der Waals surface area (Å²) in [6, 6.07) is 0.504. The van der Waals surface area contributed by atoms with Gasteiger partial charge in [0.05, 0.1) is 19.3 Å². The summed E-state index contributed by atoms with van der Waals surface area (Å²) < 4.78 is 10.5. The van der Waals surface area contributed by atoms with Crippen LogP contribution in [-0.4, -0.2) is 55.5 Å². The van der Waals surface area contributed by atoms with Crippen molar-refractivity contribution in [1.82, 2.24) is 10.2 Å². The molecule has 2 aliphatic rings. The molecule has 0 aliphatic carbocycles. The van der Waals surface area contributed by atoms with Crippen molar-refractivity contribution in [3.63, 3.8) is 0 Å². The van der Waals surface area contributed by atoms with E-state index in [4.69, 9.17) is 9.47 Å². The third-order valence-electron chi connectivity index (χ3n) is 3.21. The number of ether oxygens (including phenoxy) is 2. The molecule has 0 unspecified atom stereocenters. The van der Waals surface area contributed by atoms with E-state index < -0.39 is 5.60 Å². The molecule has 2 rings (SSSR count). The molecular formula is C14H24N2O3. The van der Waals surface area contributed by atoms with E-state index in [1.54, 1.807) is 4.90 Å². The highest BCUT2D eigenvalue weighted by atomic mass is 16.6. The molecule has 2 aliphatic heterocycles. The lowest BCUT2D eigenvalue weighted by Crippen LogP contribution is -2.47. The first-order valence-corrected chi connectivity index (χ1v) is 6.91. The lowest BCUT2D eigenvalue weighted by Gasteiger charge is -2.31. The Balaban J connectivity index is 1.73. The minimum atomic E-state index is -0.424. The minimum absolute atomic E-state index is 0.219. The second-order valence-electron chi connectivity index (χ2n) is 6.15. The average molecular weight is 268 g/mol. The minimum Gasteiger partial charge on any atom is -0.444 e. The van der Waals surface area contributed by atoms with E-state index in [-0.39, 0.29) is 6.09 Å². The molecule has 0 aromatic carbocycles. The summed E-state index contributed by atoms with van der Waals surface area (Å²) in [4.78, 5) is 13.6. The first-order valence-electron chi connectivity index (χ1n) is 6.91. The maximum Gasteiger partial charge on any atom is 0.410 e. The van der Waals surface area contributed by atoms with E-state index in [0.29, 0.717) is 12.6 Å². The van der Waals surface area contributed by atoms with Gasteiger partial charge in [-0.1, -0.05) is 11.6 Å². The van der Waals surface area contributed by atoms with Gasteiger partial charge in [0.25, 0.3) is 0 Å². The Labute approximate surface area is 114 Å². The number of carbonyl (C=O) groups is 1. The molecule has 19 heavy (non-hydrogen) atoms. The van der Waals surface area contributed by atoms with Crippen molar-refractivity contribution in [1.29, 1.82) is 0 Å². The number of rotatable bonds is 3. The number of amides is 1. The SMILES string of the molecule is CC(C)(C)OC(=O)N1CC=C(CNC2COC2)CC1. The fraction of sp³-hybridized carbons (Fsp3) is 0.786. The summed E-state index contributed by atoms with van der Waals surface area (Å²) in [5, 5.41) is 3.44. The Hall–Kier alpha value is -1.07. The third-order valence-corrected chi connectivity index (χ3v) is 3.21. The Morgan fingerprint density at radius 2 is 2.26 bits per heavy atom. The topological polar surface area (TPSA) is 50.8 Å². The van der Waals surface area contributed by atoms with Crippen LogP contribution in [0.2, 0.25) is 0 Å². The molecule has 1 saturated heterocycles. The van der Waals surface area contributed by atoms with Gasteiger partial charge in [-0.25, -0.2) is 4.79 Å². The fourth-order valence-corrected chi connectivity index (χ4v) is 1.99. The van der Waals surface area contributed by atoms with Crippen LogP contribution in [0.4, 0.5) is 4.79 Å². The molecule has 0 aromatic heterocycles. The Bertz CT molecular complexity index is 356. The smallest absolute Gasteiger partial charge is 0.410 e. The van der Waals surface area contributed by atoms with Crippen LogP contribution in [-0.2, 0) is 9.47 Å². The summed E-state index contributed by atoms with van der Waals surface area (Å²) >= 11 is 0. The largest absolute Gasteiger partial charge is 0.444 e. The number of hydrogen-bond donors (Lipinski definition) is 1. The Morgan fingerprint density at radius 1 is 1.53 bits per heavy atom. The zero-order valence-electron chi connectivity index (χ0n) is 12.1. The zero-order chi connectivity index (χ0) is 13.9. The number of hydrogen-bond acceptors (Lipinski definition) is 4. The molecule has 0 saturated carbocycles. The number of carbonyl (C=O) groups excluding carboxylic acids is 1. The summed E-state index contributed by atoms with van der Waals surface area (Å²) in [5.41, 5.74) is 0.944. The van der Waals surface area contributed by atoms with Crippen molar-refractivity contribution in [2.45, 2.75) is 38.8 Å². The molecule has 1 fully saturated rings. The lowest BCUT2D eigenvalue weighted by molar-refractivity contribution is -0.00394. The fourth-order valence-electron chi connectivity index (χ4n) is 1.99. The first-order chi connectivity index (χ1) is 8.94. The lowest BCUT2D eigenvalue weighted by atomic mass is 10.1. The first kappa shape index (κ1) is 14.3. The summed E-state index contributed by atoms with van der Waals surface area (Å²) in [6.07, 6.45) is 2.82. The zero-order valence-corrected chi connectivity index (χ0v) is 12.1. The summed E-state index contributed by atoms with van der Waals surface area (Å²) in [5.74, 6) is 0. The van der Waals surface area contributed by atoms with Crippen molar-refractivity contribution in [2.24, 2.45) is 0 Å². The molecule has 0 atom stereocenters. The van der Waals surface area contributed by atoms with Crippen LogP contribution in [0.15, 0.2) is 11.6 Å². The van der Waals surface area contributed by atoms with Crippen molar-refractivity contribution < 1.29 is 14.3 Å². The van der Waals surface area contributed by atoms with Crippen molar-refractivity contribution in [3.8, 4) is 0 Å². The van der Waals surface area contributed by atoms with Crippen LogP contribution in [0.25, 0.3) is 0 Å².